The molecule has 0 bridgehead atoms. The van der Waals surface area contributed by atoms with E-state index in [1.807, 2.05) is 6.07 Å². The molecule has 0 atom stereocenters. The molecule has 0 aliphatic carbocycles. The van der Waals surface area contributed by atoms with Gasteiger partial charge in [-0.25, -0.2) is 14.8 Å². The van der Waals surface area contributed by atoms with Crippen molar-refractivity contribution in [1.82, 2.24) is 9.97 Å². The maximum atomic E-state index is 11.5. The van der Waals surface area contributed by atoms with Crippen molar-refractivity contribution >= 4 is 5.97 Å². The second-order valence-electron chi connectivity index (χ2n) is 3.53. The normalized spacial score (nSPS) is 9.47. The molecule has 0 saturated heterocycles. The molecule has 0 N–H and O–H groups in total. The zero-order chi connectivity index (χ0) is 13.7. The average Bonchev–Trinajstić information content (AvgIpc) is 2.47. The van der Waals surface area contributed by atoms with Crippen molar-refractivity contribution in [3.63, 3.8) is 0 Å². The maximum Gasteiger partial charge on any atom is 0.338 e. The second kappa shape index (κ2) is 5.60. The summed E-state index contributed by atoms with van der Waals surface area (Å²) >= 11 is 0. The van der Waals surface area contributed by atoms with Crippen molar-refractivity contribution in [2.75, 3.05) is 7.11 Å². The van der Waals surface area contributed by atoms with E-state index in [9.17, 15) is 4.79 Å². The SMILES string of the molecule is COC(=O)c1cc(C#N)cc(Oc2cncnc2)c1. The molecular formula is C13H9N3O3. The van der Waals surface area contributed by atoms with E-state index in [1.165, 1.54) is 44.0 Å². The molecule has 6 heteroatoms. The average molecular weight is 255 g/mol. The smallest absolute Gasteiger partial charge is 0.338 e. The van der Waals surface area contributed by atoms with E-state index in [1.54, 1.807) is 0 Å². The van der Waals surface area contributed by atoms with Crippen LogP contribution in [0.4, 0.5) is 0 Å². The van der Waals surface area contributed by atoms with Crippen LogP contribution in [0.5, 0.6) is 11.5 Å². The largest absolute Gasteiger partial charge is 0.465 e. The summed E-state index contributed by atoms with van der Waals surface area (Å²) in [4.78, 5) is 19.1. The fourth-order valence-electron chi connectivity index (χ4n) is 1.43. The summed E-state index contributed by atoms with van der Waals surface area (Å²) in [6.07, 6.45) is 4.33. The first kappa shape index (κ1) is 12.5. The molecule has 1 aromatic heterocycles. The molecule has 6 nitrogen and oxygen atoms in total. The van der Waals surface area contributed by atoms with Crippen molar-refractivity contribution in [3.05, 3.63) is 48.0 Å². The van der Waals surface area contributed by atoms with E-state index >= 15 is 0 Å². The highest BCUT2D eigenvalue weighted by Crippen LogP contribution is 2.23. The zero-order valence-electron chi connectivity index (χ0n) is 10.0. The lowest BCUT2D eigenvalue weighted by atomic mass is 10.1. The number of benzene rings is 1. The van der Waals surface area contributed by atoms with Crippen LogP contribution in [-0.2, 0) is 4.74 Å². The van der Waals surface area contributed by atoms with E-state index in [4.69, 9.17) is 10.00 Å². The lowest BCUT2D eigenvalue weighted by Crippen LogP contribution is -2.02. The number of hydrogen-bond acceptors (Lipinski definition) is 6. The van der Waals surface area contributed by atoms with Gasteiger partial charge in [-0.3, -0.25) is 0 Å². The Balaban J connectivity index is 2.35. The van der Waals surface area contributed by atoms with Gasteiger partial charge in [-0.1, -0.05) is 0 Å². The monoisotopic (exact) mass is 255 g/mol. The molecule has 0 fully saturated rings. The highest BCUT2D eigenvalue weighted by atomic mass is 16.5. The molecule has 0 aliphatic heterocycles. The molecule has 1 heterocycles. The molecule has 0 radical (unpaired) electrons. The summed E-state index contributed by atoms with van der Waals surface area (Å²) in [6.45, 7) is 0. The van der Waals surface area contributed by atoms with Gasteiger partial charge in [-0.05, 0) is 18.2 Å². The van der Waals surface area contributed by atoms with Crippen molar-refractivity contribution in [3.8, 4) is 17.6 Å². The van der Waals surface area contributed by atoms with Crippen LogP contribution >= 0.6 is 0 Å². The molecule has 0 aliphatic rings. The number of carbonyl (C=O) groups excluding carboxylic acids is 1. The Bertz CT molecular complexity index is 635. The molecule has 0 unspecified atom stereocenters. The lowest BCUT2D eigenvalue weighted by molar-refractivity contribution is 0.0600. The highest BCUT2D eigenvalue weighted by Gasteiger charge is 2.10. The Kier molecular flexibility index (Phi) is 3.69. The quantitative estimate of drug-likeness (QED) is 0.779. The predicted molar refractivity (Wildman–Crippen MR) is 64.6 cm³/mol. The van der Waals surface area contributed by atoms with Crippen LogP contribution in [0, 0.1) is 11.3 Å². The standard InChI is InChI=1S/C13H9N3O3/c1-18-13(17)10-2-9(5-14)3-11(4-10)19-12-6-15-8-16-7-12/h2-4,6-8H,1H3. The number of nitriles is 1. The fourth-order valence-corrected chi connectivity index (χ4v) is 1.43. The molecule has 0 amide bonds. The number of rotatable bonds is 3. The minimum absolute atomic E-state index is 0.244. The Morgan fingerprint density at radius 3 is 2.58 bits per heavy atom. The summed E-state index contributed by atoms with van der Waals surface area (Å²) in [6, 6.07) is 6.38. The van der Waals surface area contributed by atoms with Crippen LogP contribution in [0.2, 0.25) is 0 Å². The van der Waals surface area contributed by atoms with Gasteiger partial charge in [0.25, 0.3) is 0 Å². The Hall–Kier alpha value is -2.94. The summed E-state index contributed by atoms with van der Waals surface area (Å²) in [7, 11) is 1.27. The summed E-state index contributed by atoms with van der Waals surface area (Å²) < 4.78 is 10.1. The number of aromatic nitrogens is 2. The van der Waals surface area contributed by atoms with E-state index in [0.717, 1.165) is 0 Å². The van der Waals surface area contributed by atoms with Gasteiger partial charge >= 0.3 is 5.97 Å². The lowest BCUT2D eigenvalue weighted by Gasteiger charge is -2.07. The summed E-state index contributed by atoms with van der Waals surface area (Å²) in [5.74, 6) is 0.217. The third-order valence-corrected chi connectivity index (χ3v) is 2.23. The van der Waals surface area contributed by atoms with E-state index in [0.29, 0.717) is 17.1 Å². The van der Waals surface area contributed by atoms with Crippen LogP contribution < -0.4 is 4.74 Å². The van der Waals surface area contributed by atoms with Gasteiger partial charge in [-0.2, -0.15) is 5.26 Å². The number of ether oxygens (including phenoxy) is 2. The second-order valence-corrected chi connectivity index (χ2v) is 3.53. The Morgan fingerprint density at radius 1 is 1.21 bits per heavy atom. The van der Waals surface area contributed by atoms with E-state index in [-0.39, 0.29) is 5.56 Å². The Labute approximate surface area is 109 Å². The topological polar surface area (TPSA) is 85.1 Å². The summed E-state index contributed by atoms with van der Waals surface area (Å²) in [5, 5.41) is 8.92. The van der Waals surface area contributed by atoms with Gasteiger partial charge in [0, 0.05) is 0 Å². The molecular weight excluding hydrogens is 246 g/mol. The van der Waals surface area contributed by atoms with Crippen molar-refractivity contribution in [2.45, 2.75) is 0 Å². The van der Waals surface area contributed by atoms with Gasteiger partial charge in [-0.15, -0.1) is 0 Å². The van der Waals surface area contributed by atoms with E-state index < -0.39 is 5.97 Å². The van der Waals surface area contributed by atoms with Crippen LogP contribution in [0.25, 0.3) is 0 Å². The van der Waals surface area contributed by atoms with Crippen LogP contribution in [0.3, 0.4) is 0 Å². The molecule has 94 valence electrons. The first-order chi connectivity index (χ1) is 9.22. The van der Waals surface area contributed by atoms with Gasteiger partial charge < -0.3 is 9.47 Å². The van der Waals surface area contributed by atoms with E-state index in [2.05, 4.69) is 14.7 Å². The first-order valence-corrected chi connectivity index (χ1v) is 5.29. The molecule has 2 rings (SSSR count). The zero-order valence-corrected chi connectivity index (χ0v) is 10.0. The van der Waals surface area contributed by atoms with Gasteiger partial charge in [0.15, 0.2) is 5.75 Å². The fraction of sp³-hybridized carbons (Fsp3) is 0.0769. The number of carbonyl (C=O) groups is 1. The Morgan fingerprint density at radius 2 is 1.95 bits per heavy atom. The van der Waals surface area contributed by atoms with Gasteiger partial charge in [0.2, 0.25) is 0 Å². The number of esters is 1. The number of methoxy groups -OCH3 is 1. The predicted octanol–water partition coefficient (Wildman–Crippen LogP) is 1.93. The molecule has 0 saturated carbocycles. The third kappa shape index (κ3) is 3.04. The minimum atomic E-state index is -0.536. The molecule has 2 aromatic rings. The van der Waals surface area contributed by atoms with Crippen LogP contribution in [0.15, 0.2) is 36.9 Å². The third-order valence-electron chi connectivity index (χ3n) is 2.23. The highest BCUT2D eigenvalue weighted by molar-refractivity contribution is 5.90. The molecule has 1 aromatic carbocycles. The number of nitrogens with zero attached hydrogens (tertiary/aromatic N) is 3. The minimum Gasteiger partial charge on any atom is -0.465 e. The van der Waals surface area contributed by atoms with Gasteiger partial charge in [0.1, 0.15) is 12.1 Å². The summed E-state index contributed by atoms with van der Waals surface area (Å²) in [5.41, 5.74) is 0.545. The number of hydrogen-bond donors (Lipinski definition) is 0. The molecule has 19 heavy (non-hydrogen) atoms. The van der Waals surface area contributed by atoms with Crippen LogP contribution in [0.1, 0.15) is 15.9 Å². The van der Waals surface area contributed by atoms with Crippen molar-refractivity contribution in [2.24, 2.45) is 0 Å². The molecule has 0 spiro atoms. The first-order valence-electron chi connectivity index (χ1n) is 5.29. The van der Waals surface area contributed by atoms with Gasteiger partial charge in [0.05, 0.1) is 36.7 Å². The maximum absolute atomic E-state index is 11.5. The van der Waals surface area contributed by atoms with Crippen molar-refractivity contribution in [1.29, 1.82) is 5.26 Å². The van der Waals surface area contributed by atoms with Crippen LogP contribution in [-0.4, -0.2) is 23.0 Å². The van der Waals surface area contributed by atoms with Crippen molar-refractivity contribution < 1.29 is 14.3 Å².